The molecule has 8 heteroatoms. The van der Waals surface area contributed by atoms with E-state index in [1.807, 2.05) is 30.5 Å². The van der Waals surface area contributed by atoms with Gasteiger partial charge in [-0.05, 0) is 61.5 Å². The van der Waals surface area contributed by atoms with E-state index in [9.17, 15) is 14.4 Å². The van der Waals surface area contributed by atoms with Crippen LogP contribution in [0.25, 0.3) is 11.8 Å². The van der Waals surface area contributed by atoms with Crippen LogP contribution in [0.5, 0.6) is 0 Å². The van der Waals surface area contributed by atoms with Crippen molar-refractivity contribution in [2.24, 2.45) is 0 Å². The predicted molar refractivity (Wildman–Crippen MR) is 111 cm³/mol. The second-order valence-electron chi connectivity index (χ2n) is 6.53. The molecule has 0 N–H and O–H groups in total. The number of hydrogen-bond donors (Lipinski definition) is 0. The number of carbonyl (C=O) groups excluding carboxylic acids is 3. The van der Waals surface area contributed by atoms with Gasteiger partial charge < -0.3 is 14.0 Å². The Bertz CT molecular complexity index is 1010. The van der Waals surface area contributed by atoms with Crippen molar-refractivity contribution in [3.8, 4) is 5.69 Å². The number of benzene rings is 1. The maximum absolute atomic E-state index is 12.6. The molecule has 3 rings (SSSR count). The Labute approximate surface area is 173 Å². The lowest BCUT2D eigenvalue weighted by molar-refractivity contribution is -0.123. The highest BCUT2D eigenvalue weighted by Crippen LogP contribution is 2.33. The molecule has 2 aromatic rings. The first-order valence-electron chi connectivity index (χ1n) is 8.99. The lowest BCUT2D eigenvalue weighted by atomic mass is 10.2. The lowest BCUT2D eigenvalue weighted by Crippen LogP contribution is -2.31. The summed E-state index contributed by atoms with van der Waals surface area (Å²) in [5.41, 5.74) is 3.94. The predicted octanol–water partition coefficient (Wildman–Crippen LogP) is 3.56. The molecule has 0 bridgehead atoms. The minimum atomic E-state index is -0.403. The van der Waals surface area contributed by atoms with Gasteiger partial charge in [0.15, 0.2) is 0 Å². The Morgan fingerprint density at radius 1 is 1.17 bits per heavy atom. The van der Waals surface area contributed by atoms with E-state index in [4.69, 9.17) is 9.47 Å². The third kappa shape index (κ3) is 4.13. The number of esters is 1. The summed E-state index contributed by atoms with van der Waals surface area (Å²) in [6.45, 7) is 4.41. The summed E-state index contributed by atoms with van der Waals surface area (Å²) in [5, 5.41) is -0.294. The van der Waals surface area contributed by atoms with Crippen LogP contribution < -0.4 is 0 Å². The SMILES string of the molecule is COCCN1C(=O)S/C(=C/c2cc(C)n(-c3cccc(C(=O)OC)c3)c2C)C1=O. The van der Waals surface area contributed by atoms with Crippen molar-refractivity contribution in [3.63, 3.8) is 0 Å². The number of hydrogen-bond acceptors (Lipinski definition) is 6. The summed E-state index contributed by atoms with van der Waals surface area (Å²) in [4.78, 5) is 38.1. The van der Waals surface area contributed by atoms with Crippen molar-refractivity contribution < 1.29 is 23.9 Å². The number of nitrogens with zero attached hydrogens (tertiary/aromatic N) is 2. The minimum absolute atomic E-state index is 0.234. The number of methoxy groups -OCH3 is 2. The Hall–Kier alpha value is -2.84. The van der Waals surface area contributed by atoms with Crippen LogP contribution in [0.2, 0.25) is 0 Å². The molecule has 2 amide bonds. The normalized spacial score (nSPS) is 15.4. The van der Waals surface area contributed by atoms with Crippen molar-refractivity contribution >= 4 is 35.0 Å². The molecule has 0 unspecified atom stereocenters. The molecule has 0 spiro atoms. The summed E-state index contributed by atoms with van der Waals surface area (Å²) >= 11 is 0.929. The van der Waals surface area contributed by atoms with Gasteiger partial charge in [-0.15, -0.1) is 0 Å². The van der Waals surface area contributed by atoms with Crippen LogP contribution in [-0.2, 0) is 14.3 Å². The van der Waals surface area contributed by atoms with E-state index >= 15 is 0 Å². The largest absolute Gasteiger partial charge is 0.465 e. The van der Waals surface area contributed by atoms with Gasteiger partial charge >= 0.3 is 5.97 Å². The van der Waals surface area contributed by atoms with Crippen molar-refractivity contribution in [2.45, 2.75) is 13.8 Å². The van der Waals surface area contributed by atoms with Gasteiger partial charge in [-0.3, -0.25) is 14.5 Å². The van der Waals surface area contributed by atoms with E-state index in [1.54, 1.807) is 24.3 Å². The molecule has 0 saturated carbocycles. The maximum Gasteiger partial charge on any atom is 0.337 e. The molecule has 1 aromatic carbocycles. The number of ether oxygens (including phenoxy) is 2. The number of carbonyl (C=O) groups is 3. The first-order valence-corrected chi connectivity index (χ1v) is 9.81. The topological polar surface area (TPSA) is 77.8 Å². The zero-order valence-electron chi connectivity index (χ0n) is 16.7. The average Bonchev–Trinajstić information content (AvgIpc) is 3.14. The Kier molecular flexibility index (Phi) is 6.24. The van der Waals surface area contributed by atoms with E-state index in [1.165, 1.54) is 19.1 Å². The summed E-state index contributed by atoms with van der Waals surface area (Å²) in [6.07, 6.45) is 1.74. The molecule has 1 saturated heterocycles. The second-order valence-corrected chi connectivity index (χ2v) is 7.52. The highest BCUT2D eigenvalue weighted by molar-refractivity contribution is 8.18. The molecular formula is C21H22N2O5S. The average molecular weight is 414 g/mol. The van der Waals surface area contributed by atoms with E-state index in [-0.39, 0.29) is 17.7 Å². The Morgan fingerprint density at radius 2 is 1.93 bits per heavy atom. The third-order valence-electron chi connectivity index (χ3n) is 4.67. The van der Waals surface area contributed by atoms with Crippen LogP contribution in [0.15, 0.2) is 35.2 Å². The van der Waals surface area contributed by atoms with E-state index < -0.39 is 5.97 Å². The number of rotatable bonds is 6. The van der Waals surface area contributed by atoms with Gasteiger partial charge in [0.05, 0.1) is 30.7 Å². The molecule has 1 aliphatic heterocycles. The third-order valence-corrected chi connectivity index (χ3v) is 5.58. The van der Waals surface area contributed by atoms with Crippen LogP contribution >= 0.6 is 11.8 Å². The van der Waals surface area contributed by atoms with Gasteiger partial charge in [-0.25, -0.2) is 4.79 Å². The summed E-state index contributed by atoms with van der Waals surface area (Å²) in [7, 11) is 2.87. The number of amides is 2. The van der Waals surface area contributed by atoms with Gasteiger partial charge in [0, 0.05) is 24.2 Å². The second kappa shape index (κ2) is 8.67. The van der Waals surface area contributed by atoms with Crippen LogP contribution in [0, 0.1) is 13.8 Å². The Balaban J connectivity index is 1.95. The van der Waals surface area contributed by atoms with Gasteiger partial charge in [-0.1, -0.05) is 6.07 Å². The van der Waals surface area contributed by atoms with Gasteiger partial charge in [-0.2, -0.15) is 0 Å². The number of aryl methyl sites for hydroxylation is 1. The first kappa shape index (κ1) is 20.9. The quantitative estimate of drug-likeness (QED) is 0.531. The van der Waals surface area contributed by atoms with Crippen LogP contribution in [0.4, 0.5) is 4.79 Å². The fourth-order valence-electron chi connectivity index (χ4n) is 3.24. The van der Waals surface area contributed by atoms with Crippen molar-refractivity contribution in [1.29, 1.82) is 0 Å². The molecule has 1 aromatic heterocycles. The molecule has 1 aliphatic rings. The fraction of sp³-hybridized carbons (Fsp3) is 0.286. The van der Waals surface area contributed by atoms with Crippen molar-refractivity contribution in [2.75, 3.05) is 27.4 Å². The van der Waals surface area contributed by atoms with Gasteiger partial charge in [0.2, 0.25) is 0 Å². The molecule has 1 fully saturated rings. The van der Waals surface area contributed by atoms with Crippen molar-refractivity contribution in [3.05, 3.63) is 57.8 Å². The molecule has 0 radical (unpaired) electrons. The minimum Gasteiger partial charge on any atom is -0.465 e. The molecule has 2 heterocycles. The molecule has 29 heavy (non-hydrogen) atoms. The summed E-state index contributed by atoms with van der Waals surface area (Å²) in [6, 6.07) is 9.09. The monoisotopic (exact) mass is 414 g/mol. The van der Waals surface area contributed by atoms with E-state index in [0.29, 0.717) is 17.1 Å². The maximum atomic E-state index is 12.6. The smallest absolute Gasteiger partial charge is 0.337 e. The standard InChI is InChI=1S/C21H22N2O5S/c1-13-10-16(12-18-19(24)22(8-9-27-3)21(26)29-18)14(2)23(13)17-7-5-6-15(11-17)20(25)28-4/h5-7,10-12H,8-9H2,1-4H3/b18-12+. The molecule has 0 atom stereocenters. The number of imide groups is 1. The van der Waals surface area contributed by atoms with E-state index in [2.05, 4.69) is 0 Å². The number of aromatic nitrogens is 1. The highest BCUT2D eigenvalue weighted by atomic mass is 32.2. The highest BCUT2D eigenvalue weighted by Gasteiger charge is 2.34. The fourth-order valence-corrected chi connectivity index (χ4v) is 4.09. The first-order chi connectivity index (χ1) is 13.9. The summed E-state index contributed by atoms with van der Waals surface area (Å²) < 4.78 is 11.8. The van der Waals surface area contributed by atoms with Gasteiger partial charge in [0.25, 0.3) is 11.1 Å². The van der Waals surface area contributed by atoms with Crippen molar-refractivity contribution in [1.82, 2.24) is 9.47 Å². The zero-order valence-corrected chi connectivity index (χ0v) is 17.5. The molecule has 0 aliphatic carbocycles. The molecule has 7 nitrogen and oxygen atoms in total. The number of thioether (sulfide) groups is 1. The Morgan fingerprint density at radius 3 is 2.62 bits per heavy atom. The van der Waals surface area contributed by atoms with Crippen LogP contribution in [0.1, 0.15) is 27.3 Å². The molecule has 152 valence electrons. The molecular weight excluding hydrogens is 392 g/mol. The van der Waals surface area contributed by atoms with Crippen LogP contribution in [0.3, 0.4) is 0 Å². The van der Waals surface area contributed by atoms with Gasteiger partial charge in [0.1, 0.15) is 0 Å². The van der Waals surface area contributed by atoms with Crippen LogP contribution in [-0.4, -0.2) is 54.0 Å². The summed E-state index contributed by atoms with van der Waals surface area (Å²) in [5.74, 6) is -0.714. The lowest BCUT2D eigenvalue weighted by Gasteiger charge is -2.11. The zero-order chi connectivity index (χ0) is 21.1. The van der Waals surface area contributed by atoms with E-state index in [0.717, 1.165) is 34.4 Å².